The Balaban J connectivity index is 1.96. The van der Waals surface area contributed by atoms with Crippen molar-refractivity contribution < 1.29 is 14.9 Å². The number of hydrogen-bond donors (Lipinski definition) is 2. The highest BCUT2D eigenvalue weighted by molar-refractivity contribution is 5.46. The standard InChI is InChI=1S/C14H18O3/c15-13(14(16)7-1-2-8-14)11-5-3-4-10-6-9-17-12(10)11/h3-5,13,15-16H,1-2,6-9H2. The van der Waals surface area contributed by atoms with Crippen molar-refractivity contribution >= 4 is 0 Å². The Kier molecular flexibility index (Phi) is 2.60. The van der Waals surface area contributed by atoms with E-state index >= 15 is 0 Å². The van der Waals surface area contributed by atoms with E-state index in [2.05, 4.69) is 0 Å². The molecule has 17 heavy (non-hydrogen) atoms. The quantitative estimate of drug-likeness (QED) is 0.822. The van der Waals surface area contributed by atoms with Gasteiger partial charge in [-0.3, -0.25) is 0 Å². The van der Waals surface area contributed by atoms with Gasteiger partial charge in [0, 0.05) is 12.0 Å². The molecular weight excluding hydrogens is 216 g/mol. The average Bonchev–Trinajstić information content (AvgIpc) is 2.96. The van der Waals surface area contributed by atoms with Crippen LogP contribution in [0, 0.1) is 0 Å². The molecule has 1 aliphatic carbocycles. The lowest BCUT2D eigenvalue weighted by atomic mass is 9.88. The second-order valence-corrected chi connectivity index (χ2v) is 5.15. The minimum Gasteiger partial charge on any atom is -0.493 e. The van der Waals surface area contributed by atoms with Crippen LogP contribution in [-0.4, -0.2) is 22.4 Å². The van der Waals surface area contributed by atoms with Crippen LogP contribution in [0.4, 0.5) is 0 Å². The van der Waals surface area contributed by atoms with Crippen molar-refractivity contribution in [2.45, 2.75) is 43.8 Å². The average molecular weight is 234 g/mol. The van der Waals surface area contributed by atoms with Gasteiger partial charge in [0.25, 0.3) is 0 Å². The van der Waals surface area contributed by atoms with E-state index in [0.717, 1.165) is 36.1 Å². The van der Waals surface area contributed by atoms with E-state index in [1.807, 2.05) is 18.2 Å². The number of ether oxygens (including phenoxy) is 1. The third kappa shape index (κ3) is 1.74. The molecule has 1 unspecified atom stereocenters. The van der Waals surface area contributed by atoms with Gasteiger partial charge in [-0.1, -0.05) is 31.0 Å². The summed E-state index contributed by atoms with van der Waals surface area (Å²) in [6, 6.07) is 5.83. The highest BCUT2D eigenvalue weighted by Crippen LogP contribution is 2.44. The predicted molar refractivity (Wildman–Crippen MR) is 64.0 cm³/mol. The van der Waals surface area contributed by atoms with E-state index in [1.165, 1.54) is 0 Å². The van der Waals surface area contributed by atoms with Gasteiger partial charge in [0.15, 0.2) is 0 Å². The number of hydrogen-bond acceptors (Lipinski definition) is 3. The SMILES string of the molecule is OC(c1cccc2c1OCC2)C1(O)CCCC1. The van der Waals surface area contributed by atoms with Gasteiger partial charge in [0.1, 0.15) is 11.9 Å². The molecule has 0 amide bonds. The van der Waals surface area contributed by atoms with E-state index in [-0.39, 0.29) is 0 Å². The first-order valence-electron chi connectivity index (χ1n) is 6.36. The summed E-state index contributed by atoms with van der Waals surface area (Å²) < 4.78 is 5.58. The predicted octanol–water partition coefficient (Wildman–Crippen LogP) is 1.96. The molecule has 1 fully saturated rings. The van der Waals surface area contributed by atoms with Gasteiger partial charge in [-0.2, -0.15) is 0 Å². The third-order valence-corrected chi connectivity index (χ3v) is 4.02. The van der Waals surface area contributed by atoms with Crippen LogP contribution in [0.1, 0.15) is 42.9 Å². The van der Waals surface area contributed by atoms with Crippen molar-refractivity contribution in [2.24, 2.45) is 0 Å². The lowest BCUT2D eigenvalue weighted by molar-refractivity contribution is -0.0726. The van der Waals surface area contributed by atoms with E-state index in [1.54, 1.807) is 0 Å². The van der Waals surface area contributed by atoms with Crippen LogP contribution < -0.4 is 4.74 Å². The van der Waals surface area contributed by atoms with Crippen LogP contribution in [0.5, 0.6) is 5.75 Å². The van der Waals surface area contributed by atoms with Crippen LogP contribution in [0.3, 0.4) is 0 Å². The van der Waals surface area contributed by atoms with Gasteiger partial charge >= 0.3 is 0 Å². The van der Waals surface area contributed by atoms with Crippen molar-refractivity contribution in [3.63, 3.8) is 0 Å². The molecular formula is C14H18O3. The number of aliphatic hydroxyl groups excluding tert-OH is 1. The minimum absolute atomic E-state index is 0.678. The Bertz CT molecular complexity index is 421. The number of rotatable bonds is 2. The summed E-state index contributed by atoms with van der Waals surface area (Å²) in [4.78, 5) is 0. The number of fused-ring (bicyclic) bond motifs is 1. The lowest BCUT2D eigenvalue weighted by Crippen LogP contribution is -2.33. The summed E-state index contributed by atoms with van der Waals surface area (Å²) in [7, 11) is 0. The van der Waals surface area contributed by atoms with Crippen molar-refractivity contribution in [1.82, 2.24) is 0 Å². The Hall–Kier alpha value is -1.06. The first kappa shape index (κ1) is 11.1. The van der Waals surface area contributed by atoms with Crippen molar-refractivity contribution in [3.8, 4) is 5.75 Å². The number of benzene rings is 1. The molecule has 3 nitrogen and oxygen atoms in total. The van der Waals surface area contributed by atoms with Gasteiger partial charge in [0.05, 0.1) is 12.2 Å². The maximum atomic E-state index is 10.4. The van der Waals surface area contributed by atoms with Gasteiger partial charge in [-0.15, -0.1) is 0 Å². The fraction of sp³-hybridized carbons (Fsp3) is 0.571. The zero-order chi connectivity index (χ0) is 11.9. The van der Waals surface area contributed by atoms with Crippen LogP contribution in [0.2, 0.25) is 0 Å². The summed E-state index contributed by atoms with van der Waals surface area (Å²) in [6.07, 6.45) is 3.41. The van der Waals surface area contributed by atoms with Gasteiger partial charge < -0.3 is 14.9 Å². The molecule has 0 saturated heterocycles. The minimum atomic E-state index is -0.957. The van der Waals surface area contributed by atoms with Crippen molar-refractivity contribution in [2.75, 3.05) is 6.61 Å². The molecule has 3 heteroatoms. The van der Waals surface area contributed by atoms with Crippen molar-refractivity contribution in [1.29, 1.82) is 0 Å². The zero-order valence-corrected chi connectivity index (χ0v) is 9.85. The number of aliphatic hydroxyl groups is 2. The molecule has 2 aliphatic rings. The smallest absolute Gasteiger partial charge is 0.128 e. The third-order valence-electron chi connectivity index (χ3n) is 4.02. The summed E-state index contributed by atoms with van der Waals surface area (Å²) in [6.45, 7) is 0.678. The maximum absolute atomic E-state index is 10.4. The fourth-order valence-corrected chi connectivity index (χ4v) is 3.01. The molecule has 2 N–H and O–H groups in total. The molecule has 0 radical (unpaired) electrons. The molecule has 0 spiro atoms. The Morgan fingerprint density at radius 3 is 2.76 bits per heavy atom. The van der Waals surface area contributed by atoms with E-state index in [0.29, 0.717) is 19.4 Å². The van der Waals surface area contributed by atoms with Crippen LogP contribution in [0.25, 0.3) is 0 Å². The molecule has 0 aromatic heterocycles. The van der Waals surface area contributed by atoms with E-state index in [9.17, 15) is 10.2 Å². The van der Waals surface area contributed by atoms with Crippen molar-refractivity contribution in [3.05, 3.63) is 29.3 Å². The fourth-order valence-electron chi connectivity index (χ4n) is 3.01. The van der Waals surface area contributed by atoms with Gasteiger partial charge in [-0.05, 0) is 18.4 Å². The highest BCUT2D eigenvalue weighted by Gasteiger charge is 2.41. The molecule has 1 heterocycles. The monoisotopic (exact) mass is 234 g/mol. The summed E-state index contributed by atoms with van der Waals surface area (Å²) in [5, 5.41) is 20.9. The Labute approximate surface area is 101 Å². The van der Waals surface area contributed by atoms with E-state index < -0.39 is 11.7 Å². The second kappa shape index (κ2) is 4.00. The highest BCUT2D eigenvalue weighted by atomic mass is 16.5. The number of para-hydroxylation sites is 1. The molecule has 1 aliphatic heterocycles. The molecule has 1 aromatic carbocycles. The molecule has 92 valence electrons. The van der Waals surface area contributed by atoms with Crippen LogP contribution >= 0.6 is 0 Å². The molecule has 1 atom stereocenters. The summed E-state index contributed by atoms with van der Waals surface area (Å²) in [5.41, 5.74) is 0.939. The zero-order valence-electron chi connectivity index (χ0n) is 9.85. The van der Waals surface area contributed by atoms with Gasteiger partial charge in [-0.25, -0.2) is 0 Å². The summed E-state index contributed by atoms with van der Waals surface area (Å²) in [5.74, 6) is 0.792. The lowest BCUT2D eigenvalue weighted by Gasteiger charge is -2.29. The molecule has 0 bridgehead atoms. The first-order chi connectivity index (χ1) is 8.21. The topological polar surface area (TPSA) is 49.7 Å². The van der Waals surface area contributed by atoms with E-state index in [4.69, 9.17) is 4.74 Å². The molecule has 3 rings (SSSR count). The largest absolute Gasteiger partial charge is 0.493 e. The normalized spacial score (nSPS) is 23.2. The first-order valence-corrected chi connectivity index (χ1v) is 6.36. The van der Waals surface area contributed by atoms with Crippen LogP contribution in [0.15, 0.2) is 18.2 Å². The Morgan fingerprint density at radius 2 is 2.00 bits per heavy atom. The Morgan fingerprint density at radius 1 is 1.24 bits per heavy atom. The maximum Gasteiger partial charge on any atom is 0.128 e. The van der Waals surface area contributed by atoms with Gasteiger partial charge in [0.2, 0.25) is 0 Å². The van der Waals surface area contributed by atoms with Crippen LogP contribution in [-0.2, 0) is 6.42 Å². The second-order valence-electron chi connectivity index (χ2n) is 5.15. The molecule has 1 aromatic rings. The molecule has 1 saturated carbocycles. The summed E-state index contributed by atoms with van der Waals surface area (Å²) >= 11 is 0.